The fraction of sp³-hybridized carbons (Fsp3) is 0.667. The summed E-state index contributed by atoms with van der Waals surface area (Å²) in [5.74, 6) is -2.98. The van der Waals surface area contributed by atoms with Crippen LogP contribution in [0.1, 0.15) is 18.5 Å². The highest BCUT2D eigenvalue weighted by atomic mass is 19.3. The number of aromatic nitrogens is 2. The summed E-state index contributed by atoms with van der Waals surface area (Å²) < 4.78 is 27.5. The van der Waals surface area contributed by atoms with Gasteiger partial charge in [-0.3, -0.25) is 9.69 Å². The summed E-state index contributed by atoms with van der Waals surface area (Å²) in [4.78, 5) is 16.2. The van der Waals surface area contributed by atoms with Gasteiger partial charge < -0.3 is 0 Å². The van der Waals surface area contributed by atoms with Gasteiger partial charge in [0.05, 0.1) is 5.69 Å². The maximum atomic E-state index is 13.0. The molecule has 2 aliphatic rings. The van der Waals surface area contributed by atoms with Crippen molar-refractivity contribution in [1.29, 1.82) is 0 Å². The van der Waals surface area contributed by atoms with Gasteiger partial charge >= 0.3 is 0 Å². The minimum Gasteiger partial charge on any atom is -0.300 e. The van der Waals surface area contributed by atoms with Crippen LogP contribution in [0, 0.1) is 5.92 Å². The number of carbonyl (C=O) groups excluding carboxylic acids is 1. The van der Waals surface area contributed by atoms with E-state index in [-0.39, 0.29) is 18.7 Å². The van der Waals surface area contributed by atoms with E-state index in [1.54, 1.807) is 17.8 Å². The third-order valence-electron chi connectivity index (χ3n) is 3.99. The van der Waals surface area contributed by atoms with E-state index in [9.17, 15) is 13.6 Å². The Balaban J connectivity index is 1.81. The number of halogens is 2. The molecule has 1 aromatic rings. The minimum atomic E-state index is -2.57. The molecule has 21 heavy (non-hydrogen) atoms. The maximum absolute atomic E-state index is 13.0. The van der Waals surface area contributed by atoms with Gasteiger partial charge in [0, 0.05) is 43.3 Å². The van der Waals surface area contributed by atoms with Crippen LogP contribution in [0.2, 0.25) is 0 Å². The Morgan fingerprint density at radius 1 is 1.62 bits per heavy atom. The number of amides is 1. The summed E-state index contributed by atoms with van der Waals surface area (Å²) in [6, 6.07) is 0.906. The normalized spacial score (nSPS) is 26.8. The molecule has 9 heteroatoms. The maximum Gasteiger partial charge on any atom is 0.252 e. The van der Waals surface area contributed by atoms with Gasteiger partial charge in [0.15, 0.2) is 0 Å². The second-order valence-corrected chi connectivity index (χ2v) is 5.49. The molecule has 0 N–H and O–H groups in total. The van der Waals surface area contributed by atoms with Crippen LogP contribution in [0.5, 0.6) is 0 Å². The number of hydrogen-bond donors (Lipinski definition) is 0. The van der Waals surface area contributed by atoms with E-state index in [1.165, 1.54) is 4.90 Å². The molecule has 1 aliphatic carbocycles. The molecule has 7 nitrogen and oxygen atoms in total. The lowest BCUT2D eigenvalue weighted by Crippen LogP contribution is -2.34. The van der Waals surface area contributed by atoms with Gasteiger partial charge in [-0.1, -0.05) is 5.11 Å². The van der Waals surface area contributed by atoms with E-state index >= 15 is 0 Å². The first-order valence-electron chi connectivity index (χ1n) is 6.68. The zero-order valence-corrected chi connectivity index (χ0v) is 11.4. The number of likely N-dealkylation sites (N-methyl/N-ethyl adjacent to an activating group) is 1. The molecule has 1 amide bonds. The number of azide groups is 1. The summed E-state index contributed by atoms with van der Waals surface area (Å²) in [5, 5.41) is 7.78. The predicted molar refractivity (Wildman–Crippen MR) is 69.9 cm³/mol. The Morgan fingerprint density at radius 2 is 2.33 bits per heavy atom. The van der Waals surface area contributed by atoms with Gasteiger partial charge in [-0.2, -0.15) is 5.10 Å². The number of fused-ring (bicyclic) bond motifs is 1. The van der Waals surface area contributed by atoms with E-state index in [0.717, 1.165) is 0 Å². The highest BCUT2D eigenvalue weighted by Gasteiger charge is 2.56. The van der Waals surface area contributed by atoms with E-state index in [2.05, 4.69) is 15.1 Å². The van der Waals surface area contributed by atoms with Gasteiger partial charge in [-0.05, 0) is 12.0 Å². The van der Waals surface area contributed by atoms with Crippen molar-refractivity contribution in [3.05, 3.63) is 22.2 Å². The van der Waals surface area contributed by atoms with Crippen LogP contribution in [-0.4, -0.2) is 34.7 Å². The number of alkyl halides is 2. The lowest BCUT2D eigenvalue weighted by Gasteiger charge is -2.16. The summed E-state index contributed by atoms with van der Waals surface area (Å²) >= 11 is 0. The molecule has 3 rings (SSSR count). The van der Waals surface area contributed by atoms with Crippen LogP contribution in [0.15, 0.2) is 11.2 Å². The fourth-order valence-electron chi connectivity index (χ4n) is 2.61. The third kappa shape index (κ3) is 2.44. The molecule has 0 bridgehead atoms. The van der Waals surface area contributed by atoms with E-state index in [1.807, 2.05) is 0 Å². The predicted octanol–water partition coefficient (Wildman–Crippen LogP) is 2.13. The Labute approximate surface area is 119 Å². The average Bonchev–Trinajstić information content (AvgIpc) is 2.87. The molecule has 2 heterocycles. The van der Waals surface area contributed by atoms with Crippen molar-refractivity contribution < 1.29 is 13.6 Å². The number of carbonyl (C=O) groups is 1. The van der Waals surface area contributed by atoms with Crippen LogP contribution in [0.25, 0.3) is 10.4 Å². The second-order valence-electron chi connectivity index (χ2n) is 5.49. The number of aryl methyl sites for hydroxylation is 1. The van der Waals surface area contributed by atoms with Gasteiger partial charge in [-0.15, -0.1) is 0 Å². The topological polar surface area (TPSA) is 86.9 Å². The molecule has 1 saturated carbocycles. The van der Waals surface area contributed by atoms with Crippen molar-refractivity contribution in [2.45, 2.75) is 37.8 Å². The summed E-state index contributed by atoms with van der Waals surface area (Å²) in [6.45, 7) is 0.413. The van der Waals surface area contributed by atoms with Crippen molar-refractivity contribution in [3.8, 4) is 0 Å². The fourth-order valence-corrected chi connectivity index (χ4v) is 2.61. The third-order valence-corrected chi connectivity index (χ3v) is 3.99. The van der Waals surface area contributed by atoms with Gasteiger partial charge in [-0.25, -0.2) is 13.5 Å². The molecule has 1 aromatic heterocycles. The van der Waals surface area contributed by atoms with Crippen LogP contribution >= 0.6 is 0 Å². The zero-order chi connectivity index (χ0) is 15.2. The van der Waals surface area contributed by atoms with Crippen LogP contribution in [-0.2, 0) is 17.8 Å². The Morgan fingerprint density at radius 3 is 2.95 bits per heavy atom. The average molecular weight is 296 g/mol. The van der Waals surface area contributed by atoms with E-state index in [4.69, 9.17) is 5.53 Å². The second kappa shape index (κ2) is 4.70. The quantitative estimate of drug-likeness (QED) is 0.486. The zero-order valence-electron chi connectivity index (χ0n) is 11.4. The van der Waals surface area contributed by atoms with Gasteiger partial charge in [0.2, 0.25) is 5.91 Å². The number of hydrogen-bond acceptors (Lipinski definition) is 3. The molecule has 2 atom stereocenters. The molecule has 0 aromatic carbocycles. The summed E-state index contributed by atoms with van der Waals surface area (Å²) in [5.41, 5.74) is 9.04. The Bertz CT molecular complexity index is 636. The highest BCUT2D eigenvalue weighted by Crippen LogP contribution is 2.50. The van der Waals surface area contributed by atoms with Gasteiger partial charge in [0.1, 0.15) is 11.9 Å². The molecule has 1 fully saturated rings. The first-order valence-corrected chi connectivity index (χ1v) is 6.68. The Kier molecular flexibility index (Phi) is 3.09. The van der Waals surface area contributed by atoms with Crippen LogP contribution in [0.3, 0.4) is 0 Å². The molecular weight excluding hydrogens is 282 g/mol. The van der Waals surface area contributed by atoms with Crippen molar-refractivity contribution >= 4 is 11.7 Å². The molecule has 0 saturated heterocycles. The van der Waals surface area contributed by atoms with Crippen LogP contribution < -0.4 is 4.90 Å². The lowest BCUT2D eigenvalue weighted by molar-refractivity contribution is -0.119. The molecule has 0 radical (unpaired) electrons. The highest BCUT2D eigenvalue weighted by molar-refractivity contribution is 5.96. The van der Waals surface area contributed by atoms with Gasteiger partial charge in [0.25, 0.3) is 5.92 Å². The molecular formula is C12H14F2N6O. The van der Waals surface area contributed by atoms with Crippen molar-refractivity contribution in [1.82, 2.24) is 9.78 Å². The van der Waals surface area contributed by atoms with Crippen molar-refractivity contribution in [3.63, 3.8) is 0 Å². The number of anilines is 1. The summed E-state index contributed by atoms with van der Waals surface area (Å²) in [7, 11) is 1.57. The smallest absolute Gasteiger partial charge is 0.252 e. The number of nitrogens with zero attached hydrogens (tertiary/aromatic N) is 6. The SMILES string of the molecule is CN1C(=O)C(N=[N+]=[N-])CCn2nc(CC3CC3(F)F)cc21. The molecule has 0 spiro atoms. The van der Waals surface area contributed by atoms with Crippen molar-refractivity contribution in [2.24, 2.45) is 11.0 Å². The minimum absolute atomic E-state index is 0.0943. The molecule has 2 unspecified atom stereocenters. The lowest BCUT2D eigenvalue weighted by atomic mass is 10.2. The number of rotatable bonds is 3. The van der Waals surface area contributed by atoms with Crippen LogP contribution in [0.4, 0.5) is 14.6 Å². The standard InChI is InChI=1S/C12H14F2N6O/c1-19-10-5-8(4-7-6-12(7,13)14)17-20(10)3-2-9(11(19)21)16-18-15/h5,7,9H,2-4,6H2,1H3. The van der Waals surface area contributed by atoms with E-state index < -0.39 is 17.9 Å². The summed E-state index contributed by atoms with van der Waals surface area (Å²) in [6.07, 6.45) is 0.471. The monoisotopic (exact) mass is 296 g/mol. The Hall–Kier alpha value is -2.15. The first-order chi connectivity index (χ1) is 9.92. The molecule has 1 aliphatic heterocycles. The largest absolute Gasteiger partial charge is 0.300 e. The molecule has 112 valence electrons. The first kappa shape index (κ1) is 13.8. The van der Waals surface area contributed by atoms with E-state index in [0.29, 0.717) is 24.5 Å². The van der Waals surface area contributed by atoms with Crippen molar-refractivity contribution in [2.75, 3.05) is 11.9 Å².